The number of benzene rings is 1. The smallest absolute Gasteiger partial charge is 0.351 e. The van der Waals surface area contributed by atoms with E-state index in [1.54, 1.807) is 0 Å². The fourth-order valence-electron chi connectivity index (χ4n) is 1.45. The van der Waals surface area contributed by atoms with Crippen LogP contribution in [0.3, 0.4) is 0 Å². The van der Waals surface area contributed by atoms with Gasteiger partial charge in [-0.2, -0.15) is 26.3 Å². The molecule has 0 amide bonds. The van der Waals surface area contributed by atoms with Crippen molar-refractivity contribution in [1.82, 2.24) is 0 Å². The Kier molecular flexibility index (Phi) is 4.98. The first-order valence-corrected chi connectivity index (χ1v) is 5.30. The minimum atomic E-state index is -5.62. The Morgan fingerprint density at radius 3 is 1.75 bits per heavy atom. The van der Waals surface area contributed by atoms with Crippen molar-refractivity contribution in [2.75, 3.05) is 6.54 Å². The van der Waals surface area contributed by atoms with Gasteiger partial charge in [0.2, 0.25) is 6.10 Å². The summed E-state index contributed by atoms with van der Waals surface area (Å²) in [5.41, 5.74) is 5.05. The molecule has 2 N–H and O–H groups in total. The van der Waals surface area contributed by atoms with E-state index in [4.69, 9.17) is 5.73 Å². The van der Waals surface area contributed by atoms with E-state index in [0.717, 1.165) is 24.3 Å². The number of alkyl halides is 6. The summed E-state index contributed by atoms with van der Waals surface area (Å²) in [6.07, 6.45) is -16.8. The highest BCUT2D eigenvalue weighted by atomic mass is 19.4. The fraction of sp³-hybridized carbons (Fsp3) is 0.455. The molecule has 114 valence electrons. The lowest BCUT2D eigenvalue weighted by atomic mass is 10.1. The second kappa shape index (κ2) is 5.96. The van der Waals surface area contributed by atoms with Gasteiger partial charge in [-0.1, -0.05) is 12.1 Å². The normalized spacial score (nSPS) is 14.7. The van der Waals surface area contributed by atoms with Gasteiger partial charge < -0.3 is 10.5 Å². The van der Waals surface area contributed by atoms with Gasteiger partial charge in [-0.15, -0.1) is 0 Å². The zero-order valence-corrected chi connectivity index (χ0v) is 9.80. The summed E-state index contributed by atoms with van der Waals surface area (Å²) in [6, 6.07) is 3.79. The summed E-state index contributed by atoms with van der Waals surface area (Å²) in [7, 11) is 0. The molecule has 0 fully saturated rings. The Balaban J connectivity index is 2.98. The monoisotopic (exact) mass is 305 g/mol. The maximum atomic E-state index is 12.7. The van der Waals surface area contributed by atoms with Crippen LogP contribution in [0.2, 0.25) is 0 Å². The van der Waals surface area contributed by atoms with Gasteiger partial charge in [-0.3, -0.25) is 0 Å². The van der Waals surface area contributed by atoms with Crippen molar-refractivity contribution in [3.05, 3.63) is 35.6 Å². The fourth-order valence-corrected chi connectivity index (χ4v) is 1.45. The van der Waals surface area contributed by atoms with Crippen LogP contribution in [0.25, 0.3) is 0 Å². The van der Waals surface area contributed by atoms with Crippen molar-refractivity contribution >= 4 is 0 Å². The highest BCUT2D eigenvalue weighted by molar-refractivity contribution is 5.19. The summed E-state index contributed by atoms with van der Waals surface area (Å²) >= 11 is 0. The van der Waals surface area contributed by atoms with Crippen molar-refractivity contribution in [3.8, 4) is 0 Å². The zero-order chi connectivity index (χ0) is 15.6. The lowest BCUT2D eigenvalue weighted by Gasteiger charge is -2.27. The largest absolute Gasteiger partial charge is 0.423 e. The molecule has 1 aromatic rings. The van der Waals surface area contributed by atoms with Crippen molar-refractivity contribution < 1.29 is 35.5 Å². The Hall–Kier alpha value is -1.35. The number of ether oxygens (including phenoxy) is 1. The van der Waals surface area contributed by atoms with Gasteiger partial charge in [0.05, 0.1) is 6.10 Å². The minimum Gasteiger partial charge on any atom is -0.351 e. The van der Waals surface area contributed by atoms with Crippen LogP contribution in [0, 0.1) is 5.82 Å². The maximum absolute atomic E-state index is 12.7. The molecule has 0 saturated carbocycles. The molecular weight excluding hydrogens is 295 g/mol. The Bertz CT molecular complexity index is 412. The summed E-state index contributed by atoms with van der Waals surface area (Å²) in [5.74, 6) is -0.687. The molecule has 1 atom stereocenters. The molecular formula is C11H10F7NO. The van der Waals surface area contributed by atoms with Gasteiger partial charge in [0, 0.05) is 6.54 Å². The Labute approximate surface area is 109 Å². The second-order valence-electron chi connectivity index (χ2n) is 3.88. The van der Waals surface area contributed by atoms with Crippen LogP contribution in [0.1, 0.15) is 11.7 Å². The predicted octanol–water partition coefficient (Wildman–Crippen LogP) is 3.34. The van der Waals surface area contributed by atoms with Gasteiger partial charge in [-0.25, -0.2) is 4.39 Å². The van der Waals surface area contributed by atoms with Crippen LogP contribution >= 0.6 is 0 Å². The first-order valence-electron chi connectivity index (χ1n) is 5.30. The SMILES string of the molecule is NCC(OC(C(F)(F)F)C(F)(F)F)c1ccc(F)cc1. The quantitative estimate of drug-likeness (QED) is 0.866. The van der Waals surface area contributed by atoms with Gasteiger partial charge in [0.15, 0.2) is 0 Å². The topological polar surface area (TPSA) is 35.2 Å². The van der Waals surface area contributed by atoms with E-state index >= 15 is 0 Å². The third-order valence-electron chi connectivity index (χ3n) is 2.35. The molecule has 9 heteroatoms. The van der Waals surface area contributed by atoms with E-state index in [1.807, 2.05) is 0 Å². The van der Waals surface area contributed by atoms with Crippen LogP contribution in [0.15, 0.2) is 24.3 Å². The third-order valence-corrected chi connectivity index (χ3v) is 2.35. The second-order valence-corrected chi connectivity index (χ2v) is 3.88. The molecule has 0 saturated heterocycles. The summed E-state index contributed by atoms with van der Waals surface area (Å²) in [6.45, 7) is -0.617. The third kappa shape index (κ3) is 4.34. The van der Waals surface area contributed by atoms with Crippen LogP contribution in [0.5, 0.6) is 0 Å². The van der Waals surface area contributed by atoms with Crippen LogP contribution in [0.4, 0.5) is 30.7 Å². The Morgan fingerprint density at radius 2 is 1.40 bits per heavy atom. The average molecular weight is 305 g/mol. The van der Waals surface area contributed by atoms with E-state index in [-0.39, 0.29) is 5.56 Å². The molecule has 2 nitrogen and oxygen atoms in total. The van der Waals surface area contributed by atoms with Crippen LogP contribution in [-0.4, -0.2) is 25.0 Å². The lowest BCUT2D eigenvalue weighted by molar-refractivity contribution is -0.331. The molecule has 0 radical (unpaired) electrons. The zero-order valence-electron chi connectivity index (χ0n) is 9.80. The van der Waals surface area contributed by atoms with E-state index in [1.165, 1.54) is 0 Å². The molecule has 0 aromatic heterocycles. The summed E-state index contributed by atoms with van der Waals surface area (Å²) in [5, 5.41) is 0. The molecule has 0 heterocycles. The molecule has 1 rings (SSSR count). The molecule has 1 unspecified atom stereocenters. The average Bonchev–Trinajstić information content (AvgIpc) is 2.28. The lowest BCUT2D eigenvalue weighted by Crippen LogP contribution is -2.45. The number of nitrogens with two attached hydrogens (primary N) is 1. The molecule has 1 aromatic carbocycles. The predicted molar refractivity (Wildman–Crippen MR) is 55.2 cm³/mol. The molecule has 0 aliphatic carbocycles. The van der Waals surface area contributed by atoms with E-state index < -0.39 is 36.9 Å². The van der Waals surface area contributed by atoms with E-state index in [9.17, 15) is 30.7 Å². The summed E-state index contributed by atoms with van der Waals surface area (Å²) in [4.78, 5) is 0. The minimum absolute atomic E-state index is 0.0765. The number of rotatable bonds is 4. The van der Waals surface area contributed by atoms with Crippen molar-refractivity contribution in [1.29, 1.82) is 0 Å². The van der Waals surface area contributed by atoms with Gasteiger partial charge >= 0.3 is 12.4 Å². The van der Waals surface area contributed by atoms with Crippen molar-refractivity contribution in [3.63, 3.8) is 0 Å². The molecule has 0 spiro atoms. The molecule has 20 heavy (non-hydrogen) atoms. The molecule has 0 aliphatic rings. The van der Waals surface area contributed by atoms with E-state index in [0.29, 0.717) is 0 Å². The number of hydrogen-bond acceptors (Lipinski definition) is 2. The maximum Gasteiger partial charge on any atom is 0.423 e. The molecule has 0 aliphatic heterocycles. The van der Waals surface area contributed by atoms with Gasteiger partial charge in [-0.05, 0) is 17.7 Å². The van der Waals surface area contributed by atoms with Crippen LogP contribution < -0.4 is 5.73 Å². The van der Waals surface area contributed by atoms with Crippen molar-refractivity contribution in [2.24, 2.45) is 5.73 Å². The number of halogens is 7. The molecule has 0 bridgehead atoms. The standard InChI is InChI=1S/C11H10F7NO/c12-7-3-1-6(2-4-7)8(5-19)20-9(10(13,14)15)11(16,17)18/h1-4,8-9H,5,19H2. The highest BCUT2D eigenvalue weighted by Crippen LogP contribution is 2.38. The Morgan fingerprint density at radius 1 is 0.950 bits per heavy atom. The first-order chi connectivity index (χ1) is 9.05. The van der Waals surface area contributed by atoms with Gasteiger partial charge in [0.25, 0.3) is 0 Å². The van der Waals surface area contributed by atoms with Crippen LogP contribution in [-0.2, 0) is 4.74 Å². The van der Waals surface area contributed by atoms with Gasteiger partial charge in [0.1, 0.15) is 5.82 Å². The summed E-state index contributed by atoms with van der Waals surface area (Å²) < 4.78 is 90.8. The first kappa shape index (κ1) is 16.7. The van der Waals surface area contributed by atoms with Crippen molar-refractivity contribution in [2.45, 2.75) is 24.6 Å². The number of hydrogen-bond donors (Lipinski definition) is 1. The highest BCUT2D eigenvalue weighted by Gasteiger charge is 2.58. The van der Waals surface area contributed by atoms with E-state index in [2.05, 4.69) is 4.74 Å².